The second-order valence-electron chi connectivity index (χ2n) is 10.3. The molecule has 0 radical (unpaired) electrons. The Morgan fingerprint density at radius 3 is 2.42 bits per heavy atom. The van der Waals surface area contributed by atoms with Crippen LogP contribution in [0.15, 0.2) is 35.5 Å². The Labute approximate surface area is 148 Å². The molecular weight excluding hydrogens is 288 g/mol. The zero-order valence-electron chi connectivity index (χ0n) is 15.9. The molecule has 0 nitrogen and oxygen atoms in total. The molecule has 0 heterocycles. The molecule has 1 spiro atoms. The van der Waals surface area contributed by atoms with Crippen LogP contribution in [-0.2, 0) is 0 Å². The smallest absolute Gasteiger partial charge is 0.00965 e. The third-order valence-electron chi connectivity index (χ3n) is 9.05. The maximum atomic E-state index is 4.37. The molecule has 0 aromatic rings. The predicted octanol–water partition coefficient (Wildman–Crippen LogP) is 6.55. The molecule has 0 amide bonds. The highest BCUT2D eigenvalue weighted by Crippen LogP contribution is 2.71. The van der Waals surface area contributed by atoms with Crippen molar-refractivity contribution >= 4 is 0 Å². The topological polar surface area (TPSA) is 0 Å². The zero-order chi connectivity index (χ0) is 16.6. The monoisotopic (exact) mass is 322 g/mol. The van der Waals surface area contributed by atoms with Gasteiger partial charge < -0.3 is 0 Å². The lowest BCUT2D eigenvalue weighted by molar-refractivity contribution is 0.0251. The van der Waals surface area contributed by atoms with Crippen LogP contribution in [0.5, 0.6) is 0 Å². The molecule has 0 saturated heterocycles. The fourth-order valence-corrected chi connectivity index (χ4v) is 7.50. The summed E-state index contributed by atoms with van der Waals surface area (Å²) in [4.78, 5) is 0. The Morgan fingerprint density at radius 2 is 1.71 bits per heavy atom. The second-order valence-corrected chi connectivity index (χ2v) is 10.3. The normalized spacial score (nSPS) is 52.8. The summed E-state index contributed by atoms with van der Waals surface area (Å²) < 4.78 is 0. The van der Waals surface area contributed by atoms with E-state index in [0.29, 0.717) is 5.41 Å². The van der Waals surface area contributed by atoms with Crippen LogP contribution in [0.25, 0.3) is 0 Å². The van der Waals surface area contributed by atoms with Gasteiger partial charge in [0.05, 0.1) is 0 Å². The van der Waals surface area contributed by atoms with Crippen molar-refractivity contribution < 1.29 is 0 Å². The second kappa shape index (κ2) is 5.12. The lowest BCUT2D eigenvalue weighted by Crippen LogP contribution is -2.39. The van der Waals surface area contributed by atoms with Crippen LogP contribution < -0.4 is 0 Å². The zero-order valence-corrected chi connectivity index (χ0v) is 15.9. The molecule has 0 N–H and O–H groups in total. The molecule has 130 valence electrons. The van der Waals surface area contributed by atoms with Crippen molar-refractivity contribution in [2.75, 3.05) is 0 Å². The van der Waals surface area contributed by atoms with E-state index in [0.717, 1.165) is 41.4 Å². The number of allylic oxidation sites excluding steroid dienone is 5. The molecular formula is C24H34. The summed E-state index contributed by atoms with van der Waals surface area (Å²) in [6, 6.07) is 0. The maximum Gasteiger partial charge on any atom is -0.00965 e. The molecule has 0 aromatic heterocycles. The summed E-state index contributed by atoms with van der Waals surface area (Å²) in [5.74, 6) is 6.73. The first-order valence-electron chi connectivity index (χ1n) is 10.6. The number of fused-ring (bicyclic) bond motifs is 2. The van der Waals surface area contributed by atoms with Gasteiger partial charge in [-0.05, 0) is 102 Å². The Balaban J connectivity index is 1.52. The van der Waals surface area contributed by atoms with Gasteiger partial charge in [0.2, 0.25) is 0 Å². The van der Waals surface area contributed by atoms with E-state index < -0.39 is 0 Å². The molecule has 8 unspecified atom stereocenters. The largest absolute Gasteiger partial charge is 0.0915 e. The minimum Gasteiger partial charge on any atom is -0.0915 e. The average Bonchev–Trinajstić information content (AvgIpc) is 2.94. The molecule has 2 bridgehead atoms. The molecule has 0 aromatic carbocycles. The SMILES string of the molecule is C=C1C=CC2=C1CCC(C)C(C1CCC1C)C1CC3(CC1C)CC23. The maximum absolute atomic E-state index is 4.37. The Bertz CT molecular complexity index is 634. The Hall–Kier alpha value is -0.780. The fourth-order valence-electron chi connectivity index (χ4n) is 7.50. The van der Waals surface area contributed by atoms with Crippen molar-refractivity contribution in [2.45, 2.75) is 65.7 Å². The Kier molecular flexibility index (Phi) is 3.30. The van der Waals surface area contributed by atoms with Crippen LogP contribution in [0.3, 0.4) is 0 Å². The number of hydrogen-bond acceptors (Lipinski definition) is 0. The third kappa shape index (κ3) is 2.04. The summed E-state index contributed by atoms with van der Waals surface area (Å²) in [6.45, 7) is 12.1. The minimum atomic E-state index is 0.682. The van der Waals surface area contributed by atoms with Crippen LogP contribution >= 0.6 is 0 Å². The minimum absolute atomic E-state index is 0.682. The molecule has 0 aliphatic heterocycles. The van der Waals surface area contributed by atoms with Crippen molar-refractivity contribution in [1.82, 2.24) is 0 Å². The van der Waals surface area contributed by atoms with Gasteiger partial charge in [0.1, 0.15) is 0 Å². The van der Waals surface area contributed by atoms with E-state index in [1.807, 2.05) is 0 Å². The molecule has 3 fully saturated rings. The van der Waals surface area contributed by atoms with E-state index in [1.54, 1.807) is 11.1 Å². The van der Waals surface area contributed by atoms with Gasteiger partial charge in [0, 0.05) is 0 Å². The van der Waals surface area contributed by atoms with Gasteiger partial charge in [-0.25, -0.2) is 0 Å². The van der Waals surface area contributed by atoms with Crippen LogP contribution in [0, 0.1) is 46.8 Å². The van der Waals surface area contributed by atoms with E-state index in [2.05, 4.69) is 39.5 Å². The van der Waals surface area contributed by atoms with Gasteiger partial charge >= 0.3 is 0 Å². The summed E-state index contributed by atoms with van der Waals surface area (Å²) >= 11 is 0. The highest BCUT2D eigenvalue weighted by Gasteiger charge is 2.62. The van der Waals surface area contributed by atoms with Crippen molar-refractivity contribution in [3.05, 3.63) is 35.5 Å². The molecule has 5 aliphatic carbocycles. The van der Waals surface area contributed by atoms with E-state index >= 15 is 0 Å². The summed E-state index contributed by atoms with van der Waals surface area (Å²) in [6.07, 6.45) is 14.9. The first-order valence-corrected chi connectivity index (χ1v) is 10.6. The van der Waals surface area contributed by atoms with Crippen LogP contribution in [-0.4, -0.2) is 0 Å². The molecule has 24 heavy (non-hydrogen) atoms. The van der Waals surface area contributed by atoms with Gasteiger partial charge in [-0.15, -0.1) is 0 Å². The number of rotatable bonds is 1. The van der Waals surface area contributed by atoms with Gasteiger partial charge in [-0.2, -0.15) is 0 Å². The summed E-state index contributed by atoms with van der Waals surface area (Å²) in [5.41, 5.74) is 5.36. The standard InChI is InChI=1S/C24H34/c1-14-6-10-20-18(14)8-7-16(3)23(19-9-5-15(19)2)21-12-24(11-17(21)4)13-22(20)24/h6,10,15-17,19,21-23H,1,5,7-9,11-13H2,2-4H3. The molecule has 5 rings (SSSR count). The van der Waals surface area contributed by atoms with Crippen LogP contribution in [0.4, 0.5) is 0 Å². The van der Waals surface area contributed by atoms with Crippen LogP contribution in [0.2, 0.25) is 0 Å². The van der Waals surface area contributed by atoms with Gasteiger partial charge in [-0.1, -0.05) is 45.9 Å². The van der Waals surface area contributed by atoms with Crippen molar-refractivity contribution in [1.29, 1.82) is 0 Å². The first kappa shape index (κ1) is 15.5. The molecule has 0 heteroatoms. The van der Waals surface area contributed by atoms with Gasteiger partial charge in [0.25, 0.3) is 0 Å². The van der Waals surface area contributed by atoms with E-state index in [4.69, 9.17) is 0 Å². The molecule has 8 atom stereocenters. The fraction of sp³-hybridized carbons (Fsp3) is 0.750. The Morgan fingerprint density at radius 1 is 0.875 bits per heavy atom. The summed E-state index contributed by atoms with van der Waals surface area (Å²) in [5, 5.41) is 0. The quantitative estimate of drug-likeness (QED) is 0.513. The van der Waals surface area contributed by atoms with Gasteiger partial charge in [-0.3, -0.25) is 0 Å². The van der Waals surface area contributed by atoms with Crippen molar-refractivity contribution in [2.24, 2.45) is 46.8 Å². The van der Waals surface area contributed by atoms with E-state index in [9.17, 15) is 0 Å². The van der Waals surface area contributed by atoms with Crippen molar-refractivity contribution in [3.63, 3.8) is 0 Å². The van der Waals surface area contributed by atoms with E-state index in [-0.39, 0.29) is 0 Å². The average molecular weight is 323 g/mol. The van der Waals surface area contributed by atoms with Crippen LogP contribution in [0.1, 0.15) is 65.7 Å². The van der Waals surface area contributed by atoms with Gasteiger partial charge in [0.15, 0.2) is 0 Å². The van der Waals surface area contributed by atoms with Crippen molar-refractivity contribution in [3.8, 4) is 0 Å². The lowest BCUT2D eigenvalue weighted by Gasteiger charge is -2.47. The first-order chi connectivity index (χ1) is 11.5. The third-order valence-corrected chi connectivity index (χ3v) is 9.05. The number of hydrogen-bond donors (Lipinski definition) is 0. The highest BCUT2D eigenvalue weighted by molar-refractivity contribution is 5.55. The highest BCUT2D eigenvalue weighted by atomic mass is 14.7. The summed E-state index contributed by atoms with van der Waals surface area (Å²) in [7, 11) is 0. The lowest BCUT2D eigenvalue weighted by atomic mass is 9.58. The van der Waals surface area contributed by atoms with E-state index in [1.165, 1.54) is 50.5 Å². The molecule has 3 saturated carbocycles. The molecule has 5 aliphatic rings. The predicted molar refractivity (Wildman–Crippen MR) is 102 cm³/mol.